The van der Waals surface area contributed by atoms with Crippen LogP contribution in [0.1, 0.15) is 51.9 Å². The first-order valence-electron chi connectivity index (χ1n) is 7.33. The SMILES string of the molecule is CC(=CCC12CC3CC(O)(CC(C#N)(C3)C1)C2)C(=O)O. The third-order valence-corrected chi connectivity index (χ3v) is 5.57. The Hall–Kier alpha value is -1.34. The first kappa shape index (κ1) is 13.6. The van der Waals surface area contributed by atoms with Gasteiger partial charge in [0, 0.05) is 5.57 Å². The van der Waals surface area contributed by atoms with Crippen molar-refractivity contribution in [3.05, 3.63) is 11.6 Å². The Morgan fingerprint density at radius 3 is 2.70 bits per heavy atom. The monoisotopic (exact) mass is 275 g/mol. The maximum absolute atomic E-state index is 10.9. The van der Waals surface area contributed by atoms with Gasteiger partial charge in [-0.05, 0) is 63.2 Å². The lowest BCUT2D eigenvalue weighted by atomic mass is 9.42. The minimum Gasteiger partial charge on any atom is -0.478 e. The van der Waals surface area contributed by atoms with E-state index in [-0.39, 0.29) is 10.8 Å². The Morgan fingerprint density at radius 2 is 2.10 bits per heavy atom. The van der Waals surface area contributed by atoms with Gasteiger partial charge >= 0.3 is 5.97 Å². The molecule has 4 saturated carbocycles. The highest BCUT2D eigenvalue weighted by Gasteiger charge is 2.62. The maximum atomic E-state index is 10.9. The number of rotatable bonds is 3. The molecule has 0 aliphatic heterocycles. The number of aliphatic carboxylic acids is 1. The van der Waals surface area contributed by atoms with Crippen LogP contribution in [0, 0.1) is 28.1 Å². The van der Waals surface area contributed by atoms with Gasteiger partial charge in [-0.2, -0.15) is 5.26 Å². The molecule has 4 unspecified atom stereocenters. The number of nitrogens with zero attached hydrogens (tertiary/aromatic N) is 1. The average Bonchev–Trinajstić information content (AvgIpc) is 2.33. The number of carboxylic acids is 1. The highest BCUT2D eigenvalue weighted by Crippen LogP contribution is 2.67. The normalized spacial score (nSPS) is 46.2. The zero-order valence-corrected chi connectivity index (χ0v) is 11.9. The molecule has 4 heteroatoms. The predicted octanol–water partition coefficient (Wildman–Crippen LogP) is 2.63. The summed E-state index contributed by atoms with van der Waals surface area (Å²) in [5, 5.41) is 29.3. The van der Waals surface area contributed by atoms with Gasteiger partial charge in [-0.15, -0.1) is 0 Å². The zero-order valence-electron chi connectivity index (χ0n) is 11.9. The van der Waals surface area contributed by atoms with Crippen molar-refractivity contribution in [1.29, 1.82) is 5.26 Å². The number of carboxylic acid groups (broad SMARTS) is 1. The summed E-state index contributed by atoms with van der Waals surface area (Å²) < 4.78 is 0. The van der Waals surface area contributed by atoms with Crippen LogP contribution in [0.2, 0.25) is 0 Å². The molecule has 4 rings (SSSR count). The van der Waals surface area contributed by atoms with Crippen LogP contribution in [0.5, 0.6) is 0 Å². The molecule has 0 heterocycles. The Bertz CT molecular complexity index is 534. The number of carbonyl (C=O) groups is 1. The van der Waals surface area contributed by atoms with E-state index in [0.29, 0.717) is 24.3 Å². The maximum Gasteiger partial charge on any atom is 0.330 e. The van der Waals surface area contributed by atoms with Crippen molar-refractivity contribution < 1.29 is 15.0 Å². The molecule has 0 aromatic rings. The predicted molar refractivity (Wildman–Crippen MR) is 72.6 cm³/mol. The molecule has 4 nitrogen and oxygen atoms in total. The van der Waals surface area contributed by atoms with Crippen LogP contribution in [0.25, 0.3) is 0 Å². The molecule has 0 saturated heterocycles. The van der Waals surface area contributed by atoms with Crippen molar-refractivity contribution in [2.75, 3.05) is 0 Å². The molecule has 4 fully saturated rings. The second-order valence-corrected chi connectivity index (χ2v) is 7.52. The van der Waals surface area contributed by atoms with Crippen LogP contribution >= 0.6 is 0 Å². The van der Waals surface area contributed by atoms with Gasteiger partial charge in [0.15, 0.2) is 0 Å². The summed E-state index contributed by atoms with van der Waals surface area (Å²) in [6.07, 6.45) is 7.37. The molecular weight excluding hydrogens is 254 g/mol. The highest BCUT2D eigenvalue weighted by molar-refractivity contribution is 5.85. The quantitative estimate of drug-likeness (QED) is 0.776. The minimum absolute atomic E-state index is 0.0688. The fourth-order valence-corrected chi connectivity index (χ4v) is 5.39. The molecule has 2 N–H and O–H groups in total. The van der Waals surface area contributed by atoms with Crippen LogP contribution in [0.15, 0.2) is 11.6 Å². The molecule has 0 aromatic carbocycles. The fourth-order valence-electron chi connectivity index (χ4n) is 5.39. The average molecular weight is 275 g/mol. The van der Waals surface area contributed by atoms with E-state index in [4.69, 9.17) is 5.11 Å². The molecule has 20 heavy (non-hydrogen) atoms. The molecule has 108 valence electrons. The van der Waals surface area contributed by atoms with Crippen LogP contribution in [-0.2, 0) is 4.79 Å². The molecule has 0 radical (unpaired) electrons. The molecule has 0 aromatic heterocycles. The zero-order chi connectivity index (χ0) is 14.6. The molecule has 0 amide bonds. The summed E-state index contributed by atoms with van der Waals surface area (Å²) in [4.78, 5) is 10.9. The summed E-state index contributed by atoms with van der Waals surface area (Å²) >= 11 is 0. The van der Waals surface area contributed by atoms with Gasteiger partial charge < -0.3 is 10.2 Å². The molecule has 4 aliphatic carbocycles. The second kappa shape index (κ2) is 4.08. The summed E-state index contributed by atoms with van der Waals surface area (Å²) in [5.41, 5.74) is -0.779. The number of aliphatic hydroxyl groups is 1. The molecule has 4 aliphatic rings. The van der Waals surface area contributed by atoms with Gasteiger partial charge in [-0.25, -0.2) is 4.79 Å². The van der Waals surface area contributed by atoms with Crippen molar-refractivity contribution >= 4 is 5.97 Å². The van der Waals surface area contributed by atoms with E-state index in [1.165, 1.54) is 0 Å². The lowest BCUT2D eigenvalue weighted by molar-refractivity contribution is -0.182. The Kier molecular flexibility index (Phi) is 2.78. The third kappa shape index (κ3) is 2.05. The number of hydrogen-bond acceptors (Lipinski definition) is 3. The number of allylic oxidation sites excluding steroid dienone is 1. The van der Waals surface area contributed by atoms with Gasteiger partial charge in [0.25, 0.3) is 0 Å². The van der Waals surface area contributed by atoms with Crippen molar-refractivity contribution in [3.8, 4) is 6.07 Å². The van der Waals surface area contributed by atoms with Crippen LogP contribution in [-0.4, -0.2) is 21.8 Å². The van der Waals surface area contributed by atoms with Crippen molar-refractivity contribution in [2.45, 2.75) is 57.5 Å². The minimum atomic E-state index is -0.886. The second-order valence-electron chi connectivity index (χ2n) is 7.52. The largest absolute Gasteiger partial charge is 0.478 e. The lowest BCUT2D eigenvalue weighted by Crippen LogP contribution is -2.59. The third-order valence-electron chi connectivity index (χ3n) is 5.57. The smallest absolute Gasteiger partial charge is 0.330 e. The van der Waals surface area contributed by atoms with Crippen molar-refractivity contribution in [1.82, 2.24) is 0 Å². The summed E-state index contributed by atoms with van der Waals surface area (Å²) in [6, 6.07) is 2.47. The van der Waals surface area contributed by atoms with E-state index in [0.717, 1.165) is 32.1 Å². The van der Waals surface area contributed by atoms with E-state index in [2.05, 4.69) is 6.07 Å². The first-order chi connectivity index (χ1) is 9.29. The van der Waals surface area contributed by atoms with E-state index in [1.54, 1.807) is 13.0 Å². The van der Waals surface area contributed by atoms with Crippen LogP contribution < -0.4 is 0 Å². The first-order valence-corrected chi connectivity index (χ1v) is 7.33. The van der Waals surface area contributed by atoms with Crippen LogP contribution in [0.4, 0.5) is 0 Å². The molecule has 4 atom stereocenters. The van der Waals surface area contributed by atoms with Gasteiger partial charge in [0.05, 0.1) is 17.1 Å². The molecule has 0 spiro atoms. The number of hydrogen-bond donors (Lipinski definition) is 2. The van der Waals surface area contributed by atoms with Crippen molar-refractivity contribution in [3.63, 3.8) is 0 Å². The van der Waals surface area contributed by atoms with E-state index in [9.17, 15) is 15.2 Å². The summed E-state index contributed by atoms with van der Waals surface area (Å²) in [7, 11) is 0. The van der Waals surface area contributed by atoms with Crippen molar-refractivity contribution in [2.24, 2.45) is 16.7 Å². The highest BCUT2D eigenvalue weighted by atomic mass is 16.4. The van der Waals surface area contributed by atoms with Gasteiger partial charge in [0.2, 0.25) is 0 Å². The fraction of sp³-hybridized carbons (Fsp3) is 0.750. The number of nitriles is 1. The van der Waals surface area contributed by atoms with E-state index >= 15 is 0 Å². The summed E-state index contributed by atoms with van der Waals surface area (Å²) in [6.45, 7) is 1.61. The Labute approximate surface area is 119 Å². The standard InChI is InChI=1S/C16H21NO3/c1-11(13(18)19)2-3-14-4-12-5-15(7-14,10-17)9-16(20,6-12)8-14/h2,12,20H,3-9H2,1H3,(H,18,19). The van der Waals surface area contributed by atoms with Gasteiger partial charge in [-0.1, -0.05) is 6.08 Å². The Morgan fingerprint density at radius 1 is 1.35 bits per heavy atom. The van der Waals surface area contributed by atoms with E-state index in [1.807, 2.05) is 0 Å². The lowest BCUT2D eigenvalue weighted by Gasteiger charge is -2.63. The van der Waals surface area contributed by atoms with Crippen LogP contribution in [0.3, 0.4) is 0 Å². The summed E-state index contributed by atoms with van der Waals surface area (Å²) in [5.74, 6) is -0.460. The molecule has 4 bridgehead atoms. The van der Waals surface area contributed by atoms with E-state index < -0.39 is 11.6 Å². The molecular formula is C16H21NO3. The van der Waals surface area contributed by atoms with Gasteiger partial charge in [-0.3, -0.25) is 0 Å². The van der Waals surface area contributed by atoms with Gasteiger partial charge in [0.1, 0.15) is 0 Å². The topological polar surface area (TPSA) is 81.3 Å². The Balaban J connectivity index is 1.89.